The molecule has 0 bridgehead atoms. The Kier molecular flexibility index (Phi) is 4.18. The van der Waals surface area contributed by atoms with Gasteiger partial charge in [0.15, 0.2) is 11.6 Å². The van der Waals surface area contributed by atoms with Crippen LogP contribution in [0.1, 0.15) is 18.0 Å². The zero-order valence-corrected chi connectivity index (χ0v) is 12.9. The maximum atomic E-state index is 13.5. The fraction of sp³-hybridized carbons (Fsp3) is 0.400. The minimum absolute atomic E-state index is 0.0596. The van der Waals surface area contributed by atoms with Crippen molar-refractivity contribution < 1.29 is 18.7 Å². The molecular formula is C15H16F2N4O3. The summed E-state index contributed by atoms with van der Waals surface area (Å²) in [6.45, 7) is -0.226. The van der Waals surface area contributed by atoms with Crippen LogP contribution in [0.3, 0.4) is 0 Å². The van der Waals surface area contributed by atoms with Gasteiger partial charge in [0.1, 0.15) is 12.9 Å². The molecule has 1 aromatic heterocycles. The second-order valence-corrected chi connectivity index (χ2v) is 5.81. The van der Waals surface area contributed by atoms with Crippen LogP contribution in [0.25, 0.3) is 0 Å². The van der Waals surface area contributed by atoms with Crippen molar-refractivity contribution in [3.05, 3.63) is 52.2 Å². The molecule has 0 radical (unpaired) electrons. The number of hydrogen-bond acceptors (Lipinski definition) is 4. The van der Waals surface area contributed by atoms with Crippen LogP contribution in [0, 0.1) is 11.6 Å². The third kappa shape index (κ3) is 2.94. The number of aryl methyl sites for hydroxylation is 1. The van der Waals surface area contributed by atoms with Crippen LogP contribution in [-0.4, -0.2) is 42.9 Å². The van der Waals surface area contributed by atoms with E-state index in [0.29, 0.717) is 5.56 Å². The molecule has 2 heterocycles. The zero-order chi connectivity index (χ0) is 17.4. The Morgan fingerprint density at radius 2 is 2.12 bits per heavy atom. The smallest absolute Gasteiger partial charge is 0.345 e. The molecular weight excluding hydrogens is 322 g/mol. The van der Waals surface area contributed by atoms with Gasteiger partial charge in [-0.3, -0.25) is 9.36 Å². The topological polar surface area (TPSA) is 80.4 Å². The average Bonchev–Trinajstić information content (AvgIpc) is 3.07. The minimum atomic E-state index is -1.01. The Hall–Kier alpha value is -2.55. The minimum Gasteiger partial charge on any atom is -0.391 e. The van der Waals surface area contributed by atoms with Crippen molar-refractivity contribution in [2.24, 2.45) is 7.05 Å². The molecule has 0 aliphatic carbocycles. The number of likely N-dealkylation sites (tertiary alicyclic amines) is 1. The van der Waals surface area contributed by atoms with E-state index in [1.165, 1.54) is 28.9 Å². The van der Waals surface area contributed by atoms with Crippen molar-refractivity contribution in [3.63, 3.8) is 0 Å². The van der Waals surface area contributed by atoms with Gasteiger partial charge in [-0.1, -0.05) is 6.07 Å². The van der Waals surface area contributed by atoms with Gasteiger partial charge in [-0.15, -0.1) is 0 Å². The molecule has 1 aliphatic rings. The first-order valence-electron chi connectivity index (χ1n) is 7.37. The van der Waals surface area contributed by atoms with E-state index in [9.17, 15) is 23.5 Å². The Bertz CT molecular complexity index is 832. The average molecular weight is 338 g/mol. The standard InChI is InChI=1S/C15H16F2N4O3/c1-19-8-18-21(15(19)24)7-14(23)20-6-10(22)5-13(20)9-2-3-11(16)12(17)4-9/h2-4,8,10,13,22H,5-7H2,1H3/t10-,13+/m0/s1. The van der Waals surface area contributed by atoms with Gasteiger partial charge in [0.25, 0.3) is 0 Å². The van der Waals surface area contributed by atoms with Gasteiger partial charge >= 0.3 is 5.69 Å². The van der Waals surface area contributed by atoms with Crippen molar-refractivity contribution in [2.75, 3.05) is 6.54 Å². The maximum Gasteiger partial charge on any atom is 0.345 e. The highest BCUT2D eigenvalue weighted by atomic mass is 19.2. The number of nitrogens with zero attached hydrogens (tertiary/aromatic N) is 4. The van der Waals surface area contributed by atoms with Crippen molar-refractivity contribution >= 4 is 5.91 Å². The second kappa shape index (κ2) is 6.16. The normalized spacial score (nSPS) is 20.6. The van der Waals surface area contributed by atoms with E-state index in [0.717, 1.165) is 16.8 Å². The number of aromatic nitrogens is 3. The van der Waals surface area contributed by atoms with Crippen molar-refractivity contribution in [2.45, 2.75) is 25.1 Å². The quantitative estimate of drug-likeness (QED) is 0.867. The van der Waals surface area contributed by atoms with Crippen LogP contribution in [0.2, 0.25) is 0 Å². The van der Waals surface area contributed by atoms with Crippen molar-refractivity contribution in [3.8, 4) is 0 Å². The molecule has 0 spiro atoms. The predicted octanol–water partition coefficient (Wildman–Crippen LogP) is 0.194. The fourth-order valence-corrected chi connectivity index (χ4v) is 2.87. The first-order valence-corrected chi connectivity index (χ1v) is 7.37. The van der Waals surface area contributed by atoms with E-state index in [1.54, 1.807) is 0 Å². The summed E-state index contributed by atoms with van der Waals surface area (Å²) in [5.41, 5.74) is -0.0420. The van der Waals surface area contributed by atoms with Gasteiger partial charge in [-0.25, -0.2) is 18.3 Å². The number of aliphatic hydroxyl groups is 1. The number of carbonyl (C=O) groups is 1. The molecule has 0 saturated carbocycles. The zero-order valence-electron chi connectivity index (χ0n) is 12.9. The Balaban J connectivity index is 1.84. The highest BCUT2D eigenvalue weighted by molar-refractivity contribution is 5.77. The first kappa shape index (κ1) is 16.3. The lowest BCUT2D eigenvalue weighted by Crippen LogP contribution is -2.37. The van der Waals surface area contributed by atoms with Gasteiger partial charge in [-0.2, -0.15) is 5.10 Å². The second-order valence-electron chi connectivity index (χ2n) is 5.81. The van der Waals surface area contributed by atoms with E-state index < -0.39 is 35.4 Å². The number of aliphatic hydroxyl groups excluding tert-OH is 1. The van der Waals surface area contributed by atoms with Gasteiger partial charge < -0.3 is 10.0 Å². The molecule has 1 aromatic carbocycles. The van der Waals surface area contributed by atoms with Gasteiger partial charge in [0.05, 0.1) is 12.1 Å². The number of halogens is 2. The monoisotopic (exact) mass is 338 g/mol. The highest BCUT2D eigenvalue weighted by Crippen LogP contribution is 2.33. The Labute approximate surface area is 135 Å². The number of benzene rings is 1. The van der Waals surface area contributed by atoms with E-state index in [4.69, 9.17) is 0 Å². The van der Waals surface area contributed by atoms with E-state index in [2.05, 4.69) is 5.10 Å². The molecule has 2 aromatic rings. The van der Waals surface area contributed by atoms with Gasteiger partial charge in [0.2, 0.25) is 5.91 Å². The third-order valence-corrected chi connectivity index (χ3v) is 4.10. The molecule has 128 valence electrons. The highest BCUT2D eigenvalue weighted by Gasteiger charge is 2.35. The lowest BCUT2D eigenvalue weighted by molar-refractivity contribution is -0.133. The van der Waals surface area contributed by atoms with Crippen LogP contribution >= 0.6 is 0 Å². The fourth-order valence-electron chi connectivity index (χ4n) is 2.87. The van der Waals surface area contributed by atoms with E-state index in [-0.39, 0.29) is 19.5 Å². The molecule has 3 rings (SSSR count). The van der Waals surface area contributed by atoms with Crippen LogP contribution in [0.5, 0.6) is 0 Å². The summed E-state index contributed by atoms with van der Waals surface area (Å²) in [4.78, 5) is 25.6. The Morgan fingerprint density at radius 1 is 1.38 bits per heavy atom. The lowest BCUT2D eigenvalue weighted by Gasteiger charge is -2.24. The molecule has 9 heteroatoms. The summed E-state index contributed by atoms with van der Waals surface area (Å²) in [6.07, 6.45) is 0.738. The summed E-state index contributed by atoms with van der Waals surface area (Å²) in [7, 11) is 1.51. The predicted molar refractivity (Wildman–Crippen MR) is 78.9 cm³/mol. The number of rotatable bonds is 3. The molecule has 7 nitrogen and oxygen atoms in total. The summed E-state index contributed by atoms with van der Waals surface area (Å²) in [5, 5.41) is 13.7. The van der Waals surface area contributed by atoms with Crippen molar-refractivity contribution in [1.29, 1.82) is 0 Å². The summed E-state index contributed by atoms with van der Waals surface area (Å²) >= 11 is 0. The number of amides is 1. The van der Waals surface area contributed by atoms with Crippen LogP contribution in [0.15, 0.2) is 29.3 Å². The first-order chi connectivity index (χ1) is 11.4. The van der Waals surface area contributed by atoms with Crippen LogP contribution in [0.4, 0.5) is 8.78 Å². The molecule has 0 unspecified atom stereocenters. The van der Waals surface area contributed by atoms with Gasteiger partial charge in [0, 0.05) is 13.6 Å². The molecule has 1 aliphatic heterocycles. The lowest BCUT2D eigenvalue weighted by atomic mass is 10.0. The molecule has 1 saturated heterocycles. The number of carbonyl (C=O) groups excluding carboxylic acids is 1. The van der Waals surface area contributed by atoms with E-state index >= 15 is 0 Å². The number of hydrogen-bond donors (Lipinski definition) is 1. The van der Waals surface area contributed by atoms with E-state index in [1.807, 2.05) is 0 Å². The largest absolute Gasteiger partial charge is 0.391 e. The molecule has 2 atom stereocenters. The SMILES string of the molecule is Cn1cnn(CC(=O)N2C[C@@H](O)C[C@@H]2c2ccc(F)c(F)c2)c1=O. The van der Waals surface area contributed by atoms with Crippen molar-refractivity contribution in [1.82, 2.24) is 19.2 Å². The summed E-state index contributed by atoms with van der Waals surface area (Å²) < 4.78 is 28.8. The molecule has 1 fully saturated rings. The Morgan fingerprint density at radius 3 is 2.75 bits per heavy atom. The molecule has 1 N–H and O–H groups in total. The molecule has 24 heavy (non-hydrogen) atoms. The maximum absolute atomic E-state index is 13.5. The van der Waals surface area contributed by atoms with Gasteiger partial charge in [-0.05, 0) is 24.1 Å². The molecule has 1 amide bonds. The van der Waals surface area contributed by atoms with Crippen LogP contribution < -0.4 is 5.69 Å². The summed E-state index contributed by atoms with van der Waals surface area (Å²) in [6, 6.07) is 2.81. The van der Waals surface area contributed by atoms with Crippen LogP contribution in [-0.2, 0) is 18.4 Å². The third-order valence-electron chi connectivity index (χ3n) is 4.10. The number of β-amino-alcohol motifs (C(OH)–C–C–N with tert-alkyl or cyclic N) is 1. The summed E-state index contributed by atoms with van der Waals surface area (Å²) in [5.74, 6) is -2.42.